The van der Waals surface area contributed by atoms with Crippen LogP contribution in [0.1, 0.15) is 21.5 Å². The number of nitrogens with one attached hydrogen (secondary N) is 1. The first kappa shape index (κ1) is 21.2. The largest absolute Gasteiger partial charge is 0.497 e. The van der Waals surface area contributed by atoms with Gasteiger partial charge in [0.1, 0.15) is 17.1 Å². The van der Waals surface area contributed by atoms with E-state index in [0.29, 0.717) is 24.3 Å². The van der Waals surface area contributed by atoms with Crippen LogP contribution in [-0.2, 0) is 6.42 Å². The highest BCUT2D eigenvalue weighted by molar-refractivity contribution is 5.97. The number of amides is 1. The average Bonchev–Trinajstić information content (AvgIpc) is 3.49. The summed E-state index contributed by atoms with van der Waals surface area (Å²) in [5, 5.41) is 7.52. The van der Waals surface area contributed by atoms with Crippen molar-refractivity contribution in [2.45, 2.75) is 13.3 Å². The number of hydrogen-bond acceptors (Lipinski definition) is 4. The van der Waals surface area contributed by atoms with Crippen LogP contribution in [0.5, 0.6) is 11.5 Å². The fraction of sp³-hybridized carbons (Fsp3) is 0.200. The van der Waals surface area contributed by atoms with Crippen LogP contribution in [0.4, 0.5) is 0 Å². The van der Waals surface area contributed by atoms with Crippen molar-refractivity contribution in [3.05, 3.63) is 89.9 Å². The quantitative estimate of drug-likeness (QED) is 0.459. The SMILES string of the molecule is COc1ccc(OC)c(CCNC(=O)c2cnn(-c3ccc(C)cc3)c2-n2cccc2)c1. The molecule has 2 aromatic carbocycles. The Kier molecular flexibility index (Phi) is 6.26. The molecule has 0 spiro atoms. The smallest absolute Gasteiger partial charge is 0.256 e. The van der Waals surface area contributed by atoms with Gasteiger partial charge in [-0.1, -0.05) is 17.7 Å². The van der Waals surface area contributed by atoms with Crippen molar-refractivity contribution in [2.24, 2.45) is 0 Å². The number of benzene rings is 2. The molecule has 0 atom stereocenters. The monoisotopic (exact) mass is 430 g/mol. The van der Waals surface area contributed by atoms with Crippen molar-refractivity contribution in [3.63, 3.8) is 0 Å². The standard InChI is InChI=1S/C25H26N4O3/c1-18-6-8-20(9-7-18)29-25(28-14-4-5-15-28)22(17-27-29)24(30)26-13-12-19-16-21(31-2)10-11-23(19)32-3/h4-11,14-17H,12-13H2,1-3H3,(H,26,30). The zero-order valence-electron chi connectivity index (χ0n) is 18.4. The molecule has 7 nitrogen and oxygen atoms in total. The summed E-state index contributed by atoms with van der Waals surface area (Å²) >= 11 is 0. The third kappa shape index (κ3) is 4.37. The molecule has 0 aliphatic carbocycles. The zero-order valence-corrected chi connectivity index (χ0v) is 18.4. The van der Waals surface area contributed by atoms with Gasteiger partial charge in [0.25, 0.3) is 5.91 Å². The molecule has 0 saturated carbocycles. The molecule has 4 rings (SSSR count). The minimum Gasteiger partial charge on any atom is -0.497 e. The normalized spacial score (nSPS) is 10.7. The second-order valence-corrected chi connectivity index (χ2v) is 7.40. The fourth-order valence-electron chi connectivity index (χ4n) is 3.58. The molecular formula is C25H26N4O3. The molecule has 0 fully saturated rings. The minimum absolute atomic E-state index is 0.186. The number of hydrogen-bond donors (Lipinski definition) is 1. The van der Waals surface area contributed by atoms with Gasteiger partial charge in [-0.15, -0.1) is 0 Å². The lowest BCUT2D eigenvalue weighted by molar-refractivity contribution is 0.0954. The molecule has 0 radical (unpaired) electrons. The van der Waals surface area contributed by atoms with E-state index in [-0.39, 0.29) is 5.91 Å². The first-order valence-corrected chi connectivity index (χ1v) is 10.4. The Hall–Kier alpha value is -4.00. The van der Waals surface area contributed by atoms with Gasteiger partial charge in [-0.3, -0.25) is 4.79 Å². The Morgan fingerprint density at radius 2 is 1.78 bits per heavy atom. The van der Waals surface area contributed by atoms with Crippen molar-refractivity contribution in [1.29, 1.82) is 0 Å². The van der Waals surface area contributed by atoms with Crippen molar-refractivity contribution >= 4 is 5.91 Å². The van der Waals surface area contributed by atoms with Gasteiger partial charge in [0, 0.05) is 18.9 Å². The summed E-state index contributed by atoms with van der Waals surface area (Å²) in [5.41, 5.74) is 3.52. The van der Waals surface area contributed by atoms with Gasteiger partial charge in [0.05, 0.1) is 26.1 Å². The molecule has 0 saturated heterocycles. The van der Waals surface area contributed by atoms with E-state index in [1.807, 2.05) is 78.5 Å². The van der Waals surface area contributed by atoms with Gasteiger partial charge in [0.2, 0.25) is 0 Å². The number of carbonyl (C=O) groups is 1. The molecule has 0 aliphatic rings. The highest BCUT2D eigenvalue weighted by Gasteiger charge is 2.20. The summed E-state index contributed by atoms with van der Waals surface area (Å²) in [6, 6.07) is 17.5. The van der Waals surface area contributed by atoms with Crippen LogP contribution in [0.2, 0.25) is 0 Å². The van der Waals surface area contributed by atoms with E-state index in [4.69, 9.17) is 9.47 Å². The first-order chi connectivity index (χ1) is 15.6. The van der Waals surface area contributed by atoms with Crippen LogP contribution in [-0.4, -0.2) is 41.0 Å². The van der Waals surface area contributed by atoms with E-state index in [9.17, 15) is 4.79 Å². The van der Waals surface area contributed by atoms with Crippen molar-refractivity contribution in [3.8, 4) is 23.0 Å². The lowest BCUT2D eigenvalue weighted by atomic mass is 10.1. The lowest BCUT2D eigenvalue weighted by Gasteiger charge is -2.13. The maximum atomic E-state index is 13.1. The molecule has 2 aromatic heterocycles. The van der Waals surface area contributed by atoms with E-state index >= 15 is 0 Å². The number of methoxy groups -OCH3 is 2. The minimum atomic E-state index is -0.186. The van der Waals surface area contributed by atoms with Gasteiger partial charge < -0.3 is 19.4 Å². The second-order valence-electron chi connectivity index (χ2n) is 7.40. The first-order valence-electron chi connectivity index (χ1n) is 10.4. The van der Waals surface area contributed by atoms with Gasteiger partial charge >= 0.3 is 0 Å². The summed E-state index contributed by atoms with van der Waals surface area (Å²) < 4.78 is 14.4. The predicted octanol–water partition coefficient (Wildman–Crippen LogP) is 3.96. The highest BCUT2D eigenvalue weighted by atomic mass is 16.5. The van der Waals surface area contributed by atoms with E-state index in [0.717, 1.165) is 28.3 Å². The van der Waals surface area contributed by atoms with E-state index in [2.05, 4.69) is 10.4 Å². The molecule has 32 heavy (non-hydrogen) atoms. The number of ether oxygens (including phenoxy) is 2. The predicted molar refractivity (Wildman–Crippen MR) is 123 cm³/mol. The zero-order chi connectivity index (χ0) is 22.5. The molecule has 4 aromatic rings. The van der Waals surface area contributed by atoms with Crippen LogP contribution in [0.3, 0.4) is 0 Å². The summed E-state index contributed by atoms with van der Waals surface area (Å²) in [6.07, 6.45) is 6.02. The van der Waals surface area contributed by atoms with Crippen molar-refractivity contribution in [2.75, 3.05) is 20.8 Å². The number of carbonyl (C=O) groups excluding carboxylic acids is 1. The number of aryl methyl sites for hydroxylation is 1. The van der Waals surface area contributed by atoms with Gasteiger partial charge in [0.15, 0.2) is 5.82 Å². The lowest BCUT2D eigenvalue weighted by Crippen LogP contribution is -2.26. The number of rotatable bonds is 8. The molecular weight excluding hydrogens is 404 g/mol. The molecule has 164 valence electrons. The average molecular weight is 431 g/mol. The third-order valence-electron chi connectivity index (χ3n) is 5.28. The topological polar surface area (TPSA) is 70.3 Å². The van der Waals surface area contributed by atoms with Crippen molar-refractivity contribution < 1.29 is 14.3 Å². The Morgan fingerprint density at radius 3 is 2.47 bits per heavy atom. The number of nitrogens with zero attached hydrogens (tertiary/aromatic N) is 3. The van der Waals surface area contributed by atoms with Crippen LogP contribution < -0.4 is 14.8 Å². The van der Waals surface area contributed by atoms with Gasteiger partial charge in [-0.2, -0.15) is 5.10 Å². The van der Waals surface area contributed by atoms with Gasteiger partial charge in [-0.25, -0.2) is 4.68 Å². The highest BCUT2D eigenvalue weighted by Crippen LogP contribution is 2.24. The summed E-state index contributed by atoms with van der Waals surface area (Å²) in [6.45, 7) is 2.49. The molecule has 0 unspecified atom stereocenters. The second kappa shape index (κ2) is 9.43. The van der Waals surface area contributed by atoms with Gasteiger partial charge in [-0.05, 0) is 61.4 Å². The molecule has 7 heteroatoms. The number of aromatic nitrogens is 3. The van der Waals surface area contributed by atoms with Crippen LogP contribution >= 0.6 is 0 Å². The Labute approximate surface area is 187 Å². The molecule has 0 bridgehead atoms. The molecule has 2 heterocycles. The Balaban J connectivity index is 1.56. The van der Waals surface area contributed by atoms with Crippen LogP contribution in [0, 0.1) is 6.92 Å². The van der Waals surface area contributed by atoms with E-state index in [1.165, 1.54) is 0 Å². The summed E-state index contributed by atoms with van der Waals surface area (Å²) in [7, 11) is 3.26. The Bertz CT molecular complexity index is 1190. The maximum Gasteiger partial charge on any atom is 0.256 e. The van der Waals surface area contributed by atoms with Crippen molar-refractivity contribution in [1.82, 2.24) is 19.7 Å². The van der Waals surface area contributed by atoms with E-state index < -0.39 is 0 Å². The summed E-state index contributed by atoms with van der Waals surface area (Å²) in [4.78, 5) is 13.1. The Morgan fingerprint density at radius 1 is 1.03 bits per heavy atom. The fourth-order valence-corrected chi connectivity index (χ4v) is 3.58. The molecule has 0 aliphatic heterocycles. The maximum absolute atomic E-state index is 13.1. The molecule has 1 N–H and O–H groups in total. The summed E-state index contributed by atoms with van der Waals surface area (Å²) in [5.74, 6) is 2.02. The van der Waals surface area contributed by atoms with Crippen LogP contribution in [0.15, 0.2) is 73.2 Å². The van der Waals surface area contributed by atoms with E-state index in [1.54, 1.807) is 25.1 Å². The van der Waals surface area contributed by atoms with Crippen LogP contribution in [0.25, 0.3) is 11.5 Å². The third-order valence-corrected chi connectivity index (χ3v) is 5.28. The molecule has 1 amide bonds.